The van der Waals surface area contributed by atoms with Gasteiger partial charge in [0.2, 0.25) is 0 Å². The molecule has 1 aromatic carbocycles. The summed E-state index contributed by atoms with van der Waals surface area (Å²) in [5.41, 5.74) is 1.34. The zero-order valence-corrected chi connectivity index (χ0v) is 12.5. The lowest BCUT2D eigenvalue weighted by Gasteiger charge is -2.34. The van der Waals surface area contributed by atoms with Crippen LogP contribution in [0.1, 0.15) is 30.1 Å². The van der Waals surface area contributed by atoms with Crippen molar-refractivity contribution in [2.45, 2.75) is 25.9 Å². The van der Waals surface area contributed by atoms with E-state index in [0.717, 1.165) is 38.2 Å². The Morgan fingerprint density at radius 2 is 2.37 bits per heavy atom. The molecule has 1 unspecified atom stereocenters. The predicted octanol–water partition coefficient (Wildman–Crippen LogP) is 3.15. The highest BCUT2D eigenvalue weighted by Crippen LogP contribution is 2.27. The monoisotopic (exact) mass is 327 g/mol. The molecule has 4 nitrogen and oxygen atoms in total. The Morgan fingerprint density at radius 1 is 1.58 bits per heavy atom. The lowest BCUT2D eigenvalue weighted by atomic mass is 10.1. The highest BCUT2D eigenvalue weighted by Gasteiger charge is 2.21. The number of rotatable bonds is 4. The number of hydrogen-bond acceptors (Lipinski definition) is 3. The van der Waals surface area contributed by atoms with Gasteiger partial charge in [-0.2, -0.15) is 0 Å². The van der Waals surface area contributed by atoms with Crippen molar-refractivity contribution in [3.63, 3.8) is 0 Å². The second kappa shape index (κ2) is 6.39. The number of halogens is 1. The Bertz CT molecular complexity index is 462. The molecule has 0 amide bonds. The van der Waals surface area contributed by atoms with Crippen LogP contribution in [0, 0.1) is 0 Å². The van der Waals surface area contributed by atoms with E-state index < -0.39 is 5.97 Å². The molecule has 1 heterocycles. The molecular weight excluding hydrogens is 310 g/mol. The quantitative estimate of drug-likeness (QED) is 0.922. The topological polar surface area (TPSA) is 49.8 Å². The van der Waals surface area contributed by atoms with Gasteiger partial charge in [-0.3, -0.25) is 0 Å². The lowest BCUT2D eigenvalue weighted by molar-refractivity contribution is 0.0526. The number of ether oxygens (including phenoxy) is 1. The molecule has 1 saturated heterocycles. The number of piperidine rings is 1. The van der Waals surface area contributed by atoms with E-state index in [4.69, 9.17) is 9.84 Å². The summed E-state index contributed by atoms with van der Waals surface area (Å²) in [6, 6.07) is 5.38. The van der Waals surface area contributed by atoms with E-state index >= 15 is 0 Å². The Kier molecular flexibility index (Phi) is 4.82. The fourth-order valence-electron chi connectivity index (χ4n) is 2.42. The Hall–Kier alpha value is -1.07. The van der Waals surface area contributed by atoms with Gasteiger partial charge in [-0.1, -0.05) is 0 Å². The summed E-state index contributed by atoms with van der Waals surface area (Å²) < 4.78 is 6.30. The van der Waals surface area contributed by atoms with E-state index in [2.05, 4.69) is 20.8 Å². The fourth-order valence-corrected chi connectivity index (χ4v) is 2.95. The van der Waals surface area contributed by atoms with Crippen molar-refractivity contribution in [1.29, 1.82) is 0 Å². The molecule has 104 valence electrons. The summed E-state index contributed by atoms with van der Waals surface area (Å²) in [6.45, 7) is 4.60. The van der Waals surface area contributed by atoms with E-state index in [9.17, 15) is 4.79 Å². The van der Waals surface area contributed by atoms with Crippen LogP contribution in [0.3, 0.4) is 0 Å². The maximum absolute atomic E-state index is 11.0. The van der Waals surface area contributed by atoms with Crippen molar-refractivity contribution in [3.05, 3.63) is 28.2 Å². The largest absolute Gasteiger partial charge is 0.478 e. The summed E-state index contributed by atoms with van der Waals surface area (Å²) in [6.07, 6.45) is 2.47. The van der Waals surface area contributed by atoms with Gasteiger partial charge in [0.1, 0.15) is 0 Å². The molecule has 1 aromatic rings. The number of nitrogens with zero attached hydrogens (tertiary/aromatic N) is 1. The Morgan fingerprint density at radius 3 is 3.00 bits per heavy atom. The maximum Gasteiger partial charge on any atom is 0.336 e. The van der Waals surface area contributed by atoms with Crippen LogP contribution in [0.5, 0.6) is 0 Å². The van der Waals surface area contributed by atoms with Gasteiger partial charge in [0.05, 0.1) is 11.7 Å². The Balaban J connectivity index is 2.13. The van der Waals surface area contributed by atoms with E-state index in [-0.39, 0.29) is 6.10 Å². The molecule has 0 aromatic heterocycles. The van der Waals surface area contributed by atoms with Crippen molar-refractivity contribution in [2.24, 2.45) is 0 Å². The SMILES string of the molecule is CCOC1CCCN(c2ccc(C(=O)O)c(Br)c2)C1. The van der Waals surface area contributed by atoms with Gasteiger partial charge in [0.25, 0.3) is 0 Å². The first kappa shape index (κ1) is 14.3. The molecule has 1 fully saturated rings. The third kappa shape index (κ3) is 3.48. The molecular formula is C14H18BrNO3. The molecule has 0 bridgehead atoms. The molecule has 19 heavy (non-hydrogen) atoms. The van der Waals surface area contributed by atoms with Gasteiger partial charge in [0, 0.05) is 29.9 Å². The fraction of sp³-hybridized carbons (Fsp3) is 0.500. The predicted molar refractivity (Wildman–Crippen MR) is 78.0 cm³/mol. The van der Waals surface area contributed by atoms with Gasteiger partial charge in [-0.15, -0.1) is 0 Å². The number of anilines is 1. The summed E-state index contributed by atoms with van der Waals surface area (Å²) >= 11 is 3.32. The van der Waals surface area contributed by atoms with Crippen LogP contribution in [0.25, 0.3) is 0 Å². The van der Waals surface area contributed by atoms with Crippen LogP contribution in [0.15, 0.2) is 22.7 Å². The third-order valence-corrected chi connectivity index (χ3v) is 3.98. The average molecular weight is 328 g/mol. The first-order chi connectivity index (χ1) is 9.11. The van der Waals surface area contributed by atoms with Crippen molar-refractivity contribution < 1.29 is 14.6 Å². The highest BCUT2D eigenvalue weighted by atomic mass is 79.9. The van der Waals surface area contributed by atoms with Crippen LogP contribution >= 0.6 is 15.9 Å². The first-order valence-corrected chi connectivity index (χ1v) is 7.30. The normalized spacial score (nSPS) is 19.5. The molecule has 0 saturated carbocycles. The Labute approximate surface area is 121 Å². The number of hydrogen-bond donors (Lipinski definition) is 1. The summed E-state index contributed by atoms with van der Waals surface area (Å²) in [4.78, 5) is 13.2. The number of carbonyl (C=O) groups is 1. The maximum atomic E-state index is 11.0. The molecule has 1 N–H and O–H groups in total. The van der Waals surface area contributed by atoms with Crippen LogP contribution in [-0.4, -0.2) is 36.9 Å². The van der Waals surface area contributed by atoms with Crippen LogP contribution in [0.2, 0.25) is 0 Å². The van der Waals surface area contributed by atoms with Crippen molar-refractivity contribution >= 4 is 27.6 Å². The first-order valence-electron chi connectivity index (χ1n) is 6.51. The van der Waals surface area contributed by atoms with Gasteiger partial charge < -0.3 is 14.7 Å². The number of aromatic carboxylic acids is 1. The lowest BCUT2D eigenvalue weighted by Crippen LogP contribution is -2.39. The zero-order valence-electron chi connectivity index (χ0n) is 10.9. The zero-order chi connectivity index (χ0) is 13.8. The van der Waals surface area contributed by atoms with Crippen LogP contribution < -0.4 is 4.90 Å². The van der Waals surface area contributed by atoms with Gasteiger partial charge >= 0.3 is 5.97 Å². The summed E-state index contributed by atoms with van der Waals surface area (Å²) in [5, 5.41) is 9.02. The summed E-state index contributed by atoms with van der Waals surface area (Å²) in [5.74, 6) is -0.913. The minimum absolute atomic E-state index is 0.275. The van der Waals surface area contributed by atoms with Crippen LogP contribution in [-0.2, 0) is 4.74 Å². The van der Waals surface area contributed by atoms with E-state index in [0.29, 0.717) is 10.0 Å². The summed E-state index contributed by atoms with van der Waals surface area (Å²) in [7, 11) is 0. The molecule has 5 heteroatoms. The van der Waals surface area contributed by atoms with Crippen LogP contribution in [0.4, 0.5) is 5.69 Å². The smallest absolute Gasteiger partial charge is 0.336 e. The van der Waals surface area contributed by atoms with Crippen molar-refractivity contribution in [2.75, 3.05) is 24.6 Å². The molecule has 1 aliphatic heterocycles. The second-order valence-corrected chi connectivity index (χ2v) is 5.49. The second-order valence-electron chi connectivity index (χ2n) is 4.63. The molecule has 0 spiro atoms. The van der Waals surface area contributed by atoms with Gasteiger partial charge in [-0.05, 0) is 53.9 Å². The van der Waals surface area contributed by atoms with Crippen molar-refractivity contribution in [3.8, 4) is 0 Å². The number of carboxylic acid groups (broad SMARTS) is 1. The molecule has 1 aliphatic rings. The average Bonchev–Trinajstić information content (AvgIpc) is 2.39. The van der Waals surface area contributed by atoms with Gasteiger partial charge in [0.15, 0.2) is 0 Å². The standard InChI is InChI=1S/C14H18BrNO3/c1-2-19-11-4-3-7-16(9-11)10-5-6-12(14(17)18)13(15)8-10/h5-6,8,11H,2-4,7,9H2,1H3,(H,17,18). The number of benzene rings is 1. The highest BCUT2D eigenvalue weighted by molar-refractivity contribution is 9.10. The molecule has 2 rings (SSSR count). The molecule has 0 aliphatic carbocycles. The molecule has 1 atom stereocenters. The number of carboxylic acids is 1. The minimum Gasteiger partial charge on any atom is -0.478 e. The van der Waals surface area contributed by atoms with Crippen molar-refractivity contribution in [1.82, 2.24) is 0 Å². The third-order valence-electron chi connectivity index (χ3n) is 3.33. The van der Waals surface area contributed by atoms with E-state index in [1.165, 1.54) is 0 Å². The minimum atomic E-state index is -0.913. The molecule has 0 radical (unpaired) electrons. The van der Waals surface area contributed by atoms with Gasteiger partial charge in [-0.25, -0.2) is 4.79 Å². The van der Waals surface area contributed by atoms with E-state index in [1.807, 2.05) is 19.1 Å². The van der Waals surface area contributed by atoms with E-state index in [1.54, 1.807) is 6.07 Å².